The molecule has 1 saturated heterocycles. The van der Waals surface area contributed by atoms with Crippen molar-refractivity contribution in [3.8, 4) is 6.07 Å². The van der Waals surface area contributed by atoms with E-state index in [1.54, 1.807) is 56.6 Å². The summed E-state index contributed by atoms with van der Waals surface area (Å²) >= 11 is 0. The molecule has 0 aliphatic carbocycles. The summed E-state index contributed by atoms with van der Waals surface area (Å²) in [6, 6.07) is 8.87. The Morgan fingerprint density at radius 3 is 2.52 bits per heavy atom. The van der Waals surface area contributed by atoms with Gasteiger partial charge in [0.2, 0.25) is 0 Å². The van der Waals surface area contributed by atoms with E-state index >= 15 is 0 Å². The van der Waals surface area contributed by atoms with Gasteiger partial charge >= 0.3 is 0 Å². The predicted octanol–water partition coefficient (Wildman–Crippen LogP) is 2.35. The lowest BCUT2D eigenvalue weighted by Crippen LogP contribution is -2.42. The van der Waals surface area contributed by atoms with Crippen LogP contribution < -0.4 is 5.73 Å². The molecule has 0 spiro atoms. The number of piperidine rings is 1. The van der Waals surface area contributed by atoms with Crippen LogP contribution in [0, 0.1) is 16.7 Å². The van der Waals surface area contributed by atoms with Gasteiger partial charge in [0, 0.05) is 37.1 Å². The van der Waals surface area contributed by atoms with Crippen molar-refractivity contribution in [2.45, 2.75) is 38.8 Å². The average molecular weight is 366 g/mol. The third-order valence-corrected chi connectivity index (χ3v) is 4.50. The first-order chi connectivity index (χ1) is 13.0. The molecule has 1 heterocycles. The van der Waals surface area contributed by atoms with Crippen LogP contribution in [0.2, 0.25) is 0 Å². The van der Waals surface area contributed by atoms with Crippen LogP contribution in [0.5, 0.6) is 0 Å². The summed E-state index contributed by atoms with van der Waals surface area (Å²) in [5.74, 6) is 0.00169. The molecule has 7 heteroatoms. The predicted molar refractivity (Wildman–Crippen MR) is 107 cm³/mol. The number of nitrogens with zero attached hydrogens (tertiary/aromatic N) is 4. The van der Waals surface area contributed by atoms with Crippen molar-refractivity contribution >= 4 is 17.8 Å². The second-order valence-corrected chi connectivity index (χ2v) is 6.50. The zero-order valence-electron chi connectivity index (χ0n) is 15.8. The van der Waals surface area contributed by atoms with Crippen LogP contribution in [-0.2, 0) is 0 Å². The van der Waals surface area contributed by atoms with E-state index in [0.717, 1.165) is 12.8 Å². The van der Waals surface area contributed by atoms with Crippen LogP contribution in [0.25, 0.3) is 0 Å². The Labute approximate surface area is 160 Å². The largest absolute Gasteiger partial charge is 0.339 e. The molecule has 142 valence electrons. The van der Waals surface area contributed by atoms with Gasteiger partial charge in [-0.15, -0.1) is 0 Å². The summed E-state index contributed by atoms with van der Waals surface area (Å²) in [6.45, 7) is 4.87. The molecule has 0 radical (unpaired) electrons. The fourth-order valence-electron chi connectivity index (χ4n) is 2.78. The topological polar surface area (TPSA) is 110 Å². The van der Waals surface area contributed by atoms with Gasteiger partial charge in [0.05, 0.1) is 11.8 Å². The average Bonchev–Trinajstić information content (AvgIpc) is 2.70. The highest BCUT2D eigenvalue weighted by Gasteiger charge is 2.21. The Morgan fingerprint density at radius 1 is 1.37 bits per heavy atom. The number of hydrazone groups is 1. The van der Waals surface area contributed by atoms with Gasteiger partial charge in [-0.25, -0.2) is 0 Å². The van der Waals surface area contributed by atoms with E-state index in [1.807, 2.05) is 4.90 Å². The molecule has 7 nitrogen and oxygen atoms in total. The Morgan fingerprint density at radius 2 is 1.96 bits per heavy atom. The van der Waals surface area contributed by atoms with Gasteiger partial charge in [0.1, 0.15) is 6.04 Å². The lowest BCUT2D eigenvalue weighted by molar-refractivity contribution is 0.0715. The molecule has 2 rings (SSSR count). The lowest BCUT2D eigenvalue weighted by atomic mass is 10.0. The fraction of sp³-hybridized carbons (Fsp3) is 0.400. The van der Waals surface area contributed by atoms with Crippen molar-refractivity contribution in [1.29, 1.82) is 10.7 Å². The van der Waals surface area contributed by atoms with E-state index in [4.69, 9.17) is 16.4 Å². The normalized spacial score (nSPS) is 16.4. The summed E-state index contributed by atoms with van der Waals surface area (Å²) < 4.78 is 0. The van der Waals surface area contributed by atoms with Gasteiger partial charge in [-0.05, 0) is 50.5 Å². The monoisotopic (exact) mass is 366 g/mol. The quantitative estimate of drug-likeness (QED) is 0.595. The van der Waals surface area contributed by atoms with Crippen molar-refractivity contribution < 1.29 is 4.79 Å². The van der Waals surface area contributed by atoms with E-state index < -0.39 is 6.04 Å². The van der Waals surface area contributed by atoms with Gasteiger partial charge in [-0.2, -0.15) is 10.4 Å². The van der Waals surface area contributed by atoms with Crippen LogP contribution in [0.3, 0.4) is 0 Å². The minimum absolute atomic E-state index is 0.00169. The molecule has 0 aromatic heterocycles. The number of benzene rings is 1. The number of rotatable bonds is 6. The van der Waals surface area contributed by atoms with Crippen LogP contribution >= 0.6 is 0 Å². The highest BCUT2D eigenvalue weighted by Crippen LogP contribution is 2.14. The van der Waals surface area contributed by atoms with Gasteiger partial charge in [0.25, 0.3) is 5.91 Å². The second-order valence-electron chi connectivity index (χ2n) is 6.50. The van der Waals surface area contributed by atoms with Crippen LogP contribution in [0.1, 0.15) is 42.6 Å². The molecule has 1 aromatic rings. The van der Waals surface area contributed by atoms with Crippen molar-refractivity contribution in [1.82, 2.24) is 9.91 Å². The molecule has 27 heavy (non-hydrogen) atoms. The SMILES string of the molecule is C/C=N\N(/C=C\C(=N)c1ccc(C(=O)N2CCC(N)CC2)cc1)C(C)C#N. The third-order valence-electron chi connectivity index (χ3n) is 4.50. The molecular formula is C20H26N6O. The Balaban J connectivity index is 2.03. The van der Waals surface area contributed by atoms with Gasteiger partial charge in [0.15, 0.2) is 0 Å². The van der Waals surface area contributed by atoms with Crippen LogP contribution in [-0.4, -0.2) is 52.9 Å². The highest BCUT2D eigenvalue weighted by atomic mass is 16.2. The van der Waals surface area contributed by atoms with Gasteiger partial charge < -0.3 is 16.0 Å². The standard InChI is InChI=1S/C20H26N6O/c1-3-24-26(15(2)14-21)13-10-19(23)16-4-6-17(7-5-16)20(27)25-11-8-18(22)9-12-25/h3-7,10,13,15,18,23H,8-9,11-12,22H2,1-2H3/b13-10-,23-19?,24-3-. The minimum Gasteiger partial charge on any atom is -0.339 e. The van der Waals surface area contributed by atoms with E-state index in [1.165, 1.54) is 5.01 Å². The molecule has 1 aliphatic heterocycles. The first kappa shape index (κ1) is 20.3. The van der Waals surface area contributed by atoms with E-state index in [0.29, 0.717) is 24.2 Å². The maximum atomic E-state index is 12.5. The summed E-state index contributed by atoms with van der Waals surface area (Å²) in [4.78, 5) is 14.4. The number of amides is 1. The van der Waals surface area contributed by atoms with Crippen molar-refractivity contribution in [3.05, 3.63) is 47.7 Å². The maximum Gasteiger partial charge on any atom is 0.253 e. The van der Waals surface area contributed by atoms with Crippen molar-refractivity contribution in [3.63, 3.8) is 0 Å². The Kier molecular flexibility index (Phi) is 7.26. The van der Waals surface area contributed by atoms with E-state index in [9.17, 15) is 4.79 Å². The molecular weight excluding hydrogens is 340 g/mol. The number of nitriles is 1. The molecule has 1 unspecified atom stereocenters. The zero-order valence-corrected chi connectivity index (χ0v) is 15.8. The first-order valence-electron chi connectivity index (χ1n) is 9.04. The summed E-state index contributed by atoms with van der Waals surface area (Å²) in [5.41, 5.74) is 7.47. The third kappa shape index (κ3) is 5.50. The molecule has 0 saturated carbocycles. The summed E-state index contributed by atoms with van der Waals surface area (Å²) in [5, 5.41) is 22.8. The Bertz CT molecular complexity index is 754. The number of nitrogens with two attached hydrogens (primary N) is 1. The van der Waals surface area contributed by atoms with E-state index in [2.05, 4.69) is 11.2 Å². The van der Waals surface area contributed by atoms with Crippen LogP contribution in [0.15, 0.2) is 41.6 Å². The molecule has 3 N–H and O–H groups in total. The number of carbonyl (C=O) groups excluding carboxylic acids is 1. The number of carbonyl (C=O) groups is 1. The number of hydrogen-bond donors (Lipinski definition) is 2. The molecule has 1 aromatic carbocycles. The first-order valence-corrected chi connectivity index (χ1v) is 9.04. The van der Waals surface area contributed by atoms with Crippen molar-refractivity contribution in [2.24, 2.45) is 10.8 Å². The van der Waals surface area contributed by atoms with Gasteiger partial charge in [-0.1, -0.05) is 12.1 Å². The minimum atomic E-state index is -0.428. The lowest BCUT2D eigenvalue weighted by Gasteiger charge is -2.30. The molecule has 1 amide bonds. The summed E-state index contributed by atoms with van der Waals surface area (Å²) in [6.07, 6.45) is 6.44. The van der Waals surface area contributed by atoms with E-state index in [-0.39, 0.29) is 17.7 Å². The van der Waals surface area contributed by atoms with Crippen LogP contribution in [0.4, 0.5) is 0 Å². The maximum absolute atomic E-state index is 12.5. The molecule has 0 bridgehead atoms. The number of likely N-dealkylation sites (tertiary alicyclic amines) is 1. The number of allylic oxidation sites excluding steroid dienone is 1. The molecule has 1 aliphatic rings. The zero-order chi connectivity index (χ0) is 19.8. The Hall–Kier alpha value is -2.98. The molecule has 1 fully saturated rings. The number of hydrogen-bond acceptors (Lipinski definition) is 6. The number of nitrogens with one attached hydrogen (secondary N) is 1. The fourth-order valence-corrected chi connectivity index (χ4v) is 2.78. The second kappa shape index (κ2) is 9.64. The molecule has 1 atom stereocenters. The van der Waals surface area contributed by atoms with Crippen molar-refractivity contribution in [2.75, 3.05) is 13.1 Å². The highest BCUT2D eigenvalue weighted by molar-refractivity contribution is 6.07. The smallest absolute Gasteiger partial charge is 0.253 e. The van der Waals surface area contributed by atoms with Gasteiger partial charge in [-0.3, -0.25) is 9.80 Å². The summed E-state index contributed by atoms with van der Waals surface area (Å²) in [7, 11) is 0.